The molecule has 0 aliphatic carbocycles. The van der Waals surface area contributed by atoms with Gasteiger partial charge in [-0.1, -0.05) is 6.92 Å². The zero-order valence-electron chi connectivity index (χ0n) is 10.0. The zero-order valence-corrected chi connectivity index (χ0v) is 10.0. The van der Waals surface area contributed by atoms with E-state index in [4.69, 9.17) is 4.74 Å². The minimum atomic E-state index is -0.373. The van der Waals surface area contributed by atoms with Gasteiger partial charge in [0.25, 0.3) is 5.56 Å². The van der Waals surface area contributed by atoms with Crippen molar-refractivity contribution in [3.8, 4) is 5.88 Å². The number of amides is 1. The maximum Gasteiger partial charge on any atom is 0.280 e. The normalized spacial score (nSPS) is 10.3. The fourth-order valence-electron chi connectivity index (χ4n) is 1.41. The van der Waals surface area contributed by atoms with Crippen LogP contribution in [0.1, 0.15) is 13.3 Å². The first kappa shape index (κ1) is 12.0. The summed E-state index contributed by atoms with van der Waals surface area (Å²) in [4.78, 5) is 31.3. The molecule has 2 rings (SSSR count). The van der Waals surface area contributed by atoms with Crippen LogP contribution >= 0.6 is 0 Å². The smallest absolute Gasteiger partial charge is 0.280 e. The van der Waals surface area contributed by atoms with Crippen molar-refractivity contribution >= 4 is 16.8 Å². The van der Waals surface area contributed by atoms with Crippen LogP contribution < -0.4 is 15.7 Å². The van der Waals surface area contributed by atoms with E-state index in [0.717, 1.165) is 4.68 Å². The Hall–Kier alpha value is -2.44. The quantitative estimate of drug-likeness (QED) is 0.843. The summed E-state index contributed by atoms with van der Waals surface area (Å²) in [5.74, 6) is 0.0558. The highest BCUT2D eigenvalue weighted by molar-refractivity contribution is 5.84. The highest BCUT2D eigenvalue weighted by Crippen LogP contribution is 2.11. The van der Waals surface area contributed by atoms with E-state index in [1.165, 1.54) is 25.7 Å². The van der Waals surface area contributed by atoms with Crippen molar-refractivity contribution in [3.63, 3.8) is 0 Å². The lowest BCUT2D eigenvalue weighted by atomic mass is 10.3. The first-order valence-electron chi connectivity index (χ1n) is 5.37. The molecule has 2 aromatic rings. The summed E-state index contributed by atoms with van der Waals surface area (Å²) in [5.41, 5.74) is 2.51. The first-order valence-corrected chi connectivity index (χ1v) is 5.37. The number of nitrogens with zero attached hydrogens (tertiary/aromatic N) is 3. The Balaban J connectivity index is 2.55. The summed E-state index contributed by atoms with van der Waals surface area (Å²) in [6, 6.07) is 1.49. The number of nitrogens with one attached hydrogen (secondary N) is 1. The third-order valence-electron chi connectivity index (χ3n) is 2.39. The van der Waals surface area contributed by atoms with Gasteiger partial charge in [0.15, 0.2) is 0 Å². The molecule has 0 aliphatic rings. The first-order chi connectivity index (χ1) is 8.65. The number of hydrogen-bond donors (Lipinski definition) is 1. The Kier molecular flexibility index (Phi) is 3.22. The van der Waals surface area contributed by atoms with Gasteiger partial charge in [-0.05, 0) is 0 Å². The summed E-state index contributed by atoms with van der Waals surface area (Å²) >= 11 is 0. The second-order valence-electron chi connectivity index (χ2n) is 3.55. The van der Waals surface area contributed by atoms with Crippen LogP contribution in [0.4, 0.5) is 0 Å². The van der Waals surface area contributed by atoms with Gasteiger partial charge in [-0.3, -0.25) is 15.0 Å². The van der Waals surface area contributed by atoms with Gasteiger partial charge in [-0.2, -0.15) is 0 Å². The molecule has 0 atom stereocenters. The molecular weight excluding hydrogens is 236 g/mol. The molecule has 0 saturated heterocycles. The van der Waals surface area contributed by atoms with E-state index in [9.17, 15) is 9.59 Å². The van der Waals surface area contributed by atoms with E-state index in [1.54, 1.807) is 6.92 Å². The molecule has 0 unspecified atom stereocenters. The number of hydrogen-bond acceptors (Lipinski definition) is 5. The maximum atomic E-state index is 12.1. The van der Waals surface area contributed by atoms with Gasteiger partial charge in [0.1, 0.15) is 6.33 Å². The summed E-state index contributed by atoms with van der Waals surface area (Å²) < 4.78 is 5.99. The number of carbonyl (C=O) groups excluding carboxylic acids is 1. The average molecular weight is 248 g/mol. The lowest BCUT2D eigenvalue weighted by Gasteiger charge is -2.07. The maximum absolute atomic E-state index is 12.1. The molecule has 0 spiro atoms. The molecular formula is C11H12N4O3. The topological polar surface area (TPSA) is 86.1 Å². The molecule has 1 amide bonds. The van der Waals surface area contributed by atoms with E-state index < -0.39 is 0 Å². The second kappa shape index (κ2) is 4.82. The Morgan fingerprint density at radius 1 is 1.50 bits per heavy atom. The van der Waals surface area contributed by atoms with Gasteiger partial charge in [0, 0.05) is 12.5 Å². The predicted octanol–water partition coefficient (Wildman–Crippen LogP) is 0.280. The predicted molar refractivity (Wildman–Crippen MR) is 65.0 cm³/mol. The minimum absolute atomic E-state index is 0.265. The van der Waals surface area contributed by atoms with Crippen LogP contribution in [0.25, 0.3) is 10.9 Å². The molecule has 1 N–H and O–H groups in total. The summed E-state index contributed by atoms with van der Waals surface area (Å²) in [5, 5.41) is 0.334. The van der Waals surface area contributed by atoms with Crippen LogP contribution in [0.2, 0.25) is 0 Å². The Bertz CT molecular complexity index is 650. The Morgan fingerprint density at radius 3 is 2.94 bits per heavy atom. The van der Waals surface area contributed by atoms with Crippen LogP contribution in [-0.2, 0) is 4.79 Å². The Morgan fingerprint density at radius 2 is 2.28 bits per heavy atom. The number of carbonyl (C=O) groups is 1. The van der Waals surface area contributed by atoms with Gasteiger partial charge in [0.05, 0.1) is 24.2 Å². The monoisotopic (exact) mass is 248 g/mol. The van der Waals surface area contributed by atoms with Gasteiger partial charge in [0.2, 0.25) is 11.8 Å². The van der Waals surface area contributed by atoms with E-state index in [1.807, 2.05) is 0 Å². The number of methoxy groups -OCH3 is 1. The van der Waals surface area contributed by atoms with Crippen molar-refractivity contribution in [1.29, 1.82) is 0 Å². The fraction of sp³-hybridized carbons (Fsp3) is 0.273. The van der Waals surface area contributed by atoms with Crippen LogP contribution in [0.15, 0.2) is 23.4 Å². The van der Waals surface area contributed by atoms with Crippen molar-refractivity contribution in [2.45, 2.75) is 13.3 Å². The highest BCUT2D eigenvalue weighted by Gasteiger charge is 2.07. The van der Waals surface area contributed by atoms with Crippen LogP contribution in [0, 0.1) is 0 Å². The second-order valence-corrected chi connectivity index (χ2v) is 3.55. The van der Waals surface area contributed by atoms with Gasteiger partial charge >= 0.3 is 0 Å². The van der Waals surface area contributed by atoms with Crippen molar-refractivity contribution in [2.75, 3.05) is 12.5 Å². The standard InChI is InChI=1S/C11H12N4O3/c1-3-9(16)14-15-6-13-8-5-12-10(18-2)4-7(8)11(15)17/h4-6H,3H2,1-2H3,(H,14,16). The van der Waals surface area contributed by atoms with Crippen molar-refractivity contribution in [3.05, 3.63) is 28.9 Å². The number of rotatable bonds is 3. The fourth-order valence-corrected chi connectivity index (χ4v) is 1.41. The lowest BCUT2D eigenvalue weighted by Crippen LogP contribution is -2.32. The molecule has 2 heterocycles. The van der Waals surface area contributed by atoms with E-state index in [2.05, 4.69) is 15.4 Å². The van der Waals surface area contributed by atoms with Gasteiger partial charge in [-0.25, -0.2) is 14.6 Å². The molecule has 0 radical (unpaired) electrons. The molecule has 0 bridgehead atoms. The molecule has 7 heteroatoms. The summed E-state index contributed by atoms with van der Waals surface area (Å²) in [6.45, 7) is 1.70. The van der Waals surface area contributed by atoms with E-state index >= 15 is 0 Å². The highest BCUT2D eigenvalue weighted by atomic mass is 16.5. The number of ether oxygens (including phenoxy) is 1. The molecule has 0 aliphatic heterocycles. The molecule has 7 nitrogen and oxygen atoms in total. The van der Waals surface area contributed by atoms with Crippen LogP contribution in [-0.4, -0.2) is 27.7 Å². The molecule has 0 aromatic carbocycles. The molecule has 0 fully saturated rings. The average Bonchev–Trinajstić information content (AvgIpc) is 2.41. The summed E-state index contributed by atoms with van der Waals surface area (Å²) in [6.07, 6.45) is 2.98. The van der Waals surface area contributed by atoms with E-state index in [0.29, 0.717) is 16.8 Å². The number of fused-ring (bicyclic) bond motifs is 1. The zero-order chi connectivity index (χ0) is 13.1. The number of pyridine rings is 1. The SMILES string of the molecule is CCC(=O)Nn1cnc2cnc(OC)cc2c1=O. The summed E-state index contributed by atoms with van der Waals surface area (Å²) in [7, 11) is 1.46. The number of aromatic nitrogens is 3. The minimum Gasteiger partial charge on any atom is -0.481 e. The van der Waals surface area contributed by atoms with E-state index in [-0.39, 0.29) is 17.9 Å². The van der Waals surface area contributed by atoms with Crippen molar-refractivity contribution in [2.24, 2.45) is 0 Å². The molecule has 94 valence electrons. The van der Waals surface area contributed by atoms with Crippen molar-refractivity contribution < 1.29 is 9.53 Å². The van der Waals surface area contributed by atoms with Gasteiger partial charge < -0.3 is 4.74 Å². The van der Waals surface area contributed by atoms with Crippen molar-refractivity contribution in [1.82, 2.24) is 14.6 Å². The molecule has 2 aromatic heterocycles. The molecule has 0 saturated carbocycles. The third kappa shape index (κ3) is 2.15. The Labute approximate surface area is 102 Å². The van der Waals surface area contributed by atoms with Gasteiger partial charge in [-0.15, -0.1) is 0 Å². The van der Waals surface area contributed by atoms with Crippen LogP contribution in [0.3, 0.4) is 0 Å². The lowest BCUT2D eigenvalue weighted by molar-refractivity contribution is -0.116. The largest absolute Gasteiger partial charge is 0.481 e. The third-order valence-corrected chi connectivity index (χ3v) is 2.39. The van der Waals surface area contributed by atoms with Crippen LogP contribution in [0.5, 0.6) is 5.88 Å². The molecule has 18 heavy (non-hydrogen) atoms.